The summed E-state index contributed by atoms with van der Waals surface area (Å²) in [4.78, 5) is 23.7. The molecule has 1 fully saturated rings. The highest BCUT2D eigenvalue weighted by Crippen LogP contribution is 2.25. The zero-order valence-electron chi connectivity index (χ0n) is 9.62. The molecule has 1 aliphatic carbocycles. The minimum absolute atomic E-state index is 0.0418. The van der Waals surface area contributed by atoms with Crippen molar-refractivity contribution in [1.82, 2.24) is 0 Å². The summed E-state index contributed by atoms with van der Waals surface area (Å²) < 4.78 is 0.961. The van der Waals surface area contributed by atoms with Crippen LogP contribution in [0, 0.1) is 5.92 Å². The quantitative estimate of drug-likeness (QED) is 0.795. The predicted octanol–water partition coefficient (Wildman–Crippen LogP) is 3.78. The molecule has 0 bridgehead atoms. The minimum atomic E-state index is -0.0418. The first-order valence-electron chi connectivity index (χ1n) is 5.98. The average Bonchev–Trinajstić information content (AvgIpc) is 2.33. The first-order chi connectivity index (χ1) is 8.16. The van der Waals surface area contributed by atoms with Crippen molar-refractivity contribution in [3.63, 3.8) is 0 Å². The predicted molar refractivity (Wildman–Crippen MR) is 70.1 cm³/mol. The maximum atomic E-state index is 12.0. The zero-order valence-corrected chi connectivity index (χ0v) is 11.2. The van der Waals surface area contributed by atoms with E-state index in [2.05, 4.69) is 15.9 Å². The van der Waals surface area contributed by atoms with Gasteiger partial charge in [-0.05, 0) is 25.0 Å². The van der Waals surface area contributed by atoms with Gasteiger partial charge < -0.3 is 0 Å². The van der Waals surface area contributed by atoms with Gasteiger partial charge in [-0.1, -0.05) is 34.5 Å². The topological polar surface area (TPSA) is 34.1 Å². The Hall–Kier alpha value is -0.960. The standard InChI is InChI=1S/C14H15BrO2/c15-12-7-5-10(6-8-12)14(17)9-11-3-1-2-4-13(11)16/h5-8,11H,1-4,9H2/t11-/m0/s1. The summed E-state index contributed by atoms with van der Waals surface area (Å²) >= 11 is 3.34. The van der Waals surface area contributed by atoms with Gasteiger partial charge in [0.25, 0.3) is 0 Å². The van der Waals surface area contributed by atoms with Gasteiger partial charge in [0.15, 0.2) is 5.78 Å². The minimum Gasteiger partial charge on any atom is -0.299 e. The summed E-state index contributed by atoms with van der Waals surface area (Å²) in [7, 11) is 0. The molecule has 1 aromatic rings. The number of benzene rings is 1. The van der Waals surface area contributed by atoms with Crippen molar-refractivity contribution >= 4 is 27.5 Å². The van der Waals surface area contributed by atoms with E-state index in [0.717, 1.165) is 23.7 Å². The molecule has 0 N–H and O–H groups in total. The number of hydrogen-bond acceptors (Lipinski definition) is 2. The first kappa shape index (κ1) is 12.5. The van der Waals surface area contributed by atoms with Crippen molar-refractivity contribution in [1.29, 1.82) is 0 Å². The van der Waals surface area contributed by atoms with Gasteiger partial charge in [-0.25, -0.2) is 0 Å². The van der Waals surface area contributed by atoms with Crippen molar-refractivity contribution < 1.29 is 9.59 Å². The molecule has 0 aliphatic heterocycles. The Morgan fingerprint density at radius 2 is 1.94 bits per heavy atom. The fraction of sp³-hybridized carbons (Fsp3) is 0.429. The Bertz CT molecular complexity index is 422. The normalized spacial score (nSPS) is 20.3. The number of halogens is 1. The van der Waals surface area contributed by atoms with E-state index in [1.807, 2.05) is 12.1 Å². The van der Waals surface area contributed by atoms with Gasteiger partial charge in [0.1, 0.15) is 5.78 Å². The third-order valence-electron chi connectivity index (χ3n) is 3.28. The molecule has 90 valence electrons. The van der Waals surface area contributed by atoms with E-state index >= 15 is 0 Å². The Balaban J connectivity index is 2.01. The van der Waals surface area contributed by atoms with Crippen LogP contribution in [-0.2, 0) is 4.79 Å². The van der Waals surface area contributed by atoms with Crippen molar-refractivity contribution in [3.8, 4) is 0 Å². The highest BCUT2D eigenvalue weighted by atomic mass is 79.9. The van der Waals surface area contributed by atoms with Gasteiger partial charge in [-0.2, -0.15) is 0 Å². The Morgan fingerprint density at radius 3 is 2.59 bits per heavy atom. The SMILES string of the molecule is O=C(C[C@@H]1CCCCC1=O)c1ccc(Br)cc1. The van der Waals surface area contributed by atoms with E-state index in [0.29, 0.717) is 18.4 Å². The molecular weight excluding hydrogens is 280 g/mol. The second-order valence-electron chi connectivity index (χ2n) is 4.54. The highest BCUT2D eigenvalue weighted by molar-refractivity contribution is 9.10. The lowest BCUT2D eigenvalue weighted by Crippen LogP contribution is -2.22. The van der Waals surface area contributed by atoms with Crippen molar-refractivity contribution in [2.24, 2.45) is 5.92 Å². The van der Waals surface area contributed by atoms with Crippen LogP contribution in [0.1, 0.15) is 42.5 Å². The molecule has 1 aliphatic rings. The van der Waals surface area contributed by atoms with Crippen molar-refractivity contribution in [2.75, 3.05) is 0 Å². The van der Waals surface area contributed by atoms with Crippen LogP contribution in [0.4, 0.5) is 0 Å². The molecule has 2 rings (SSSR count). The largest absolute Gasteiger partial charge is 0.299 e. The smallest absolute Gasteiger partial charge is 0.163 e. The third-order valence-corrected chi connectivity index (χ3v) is 3.81. The number of hydrogen-bond donors (Lipinski definition) is 0. The van der Waals surface area contributed by atoms with E-state index < -0.39 is 0 Å². The highest BCUT2D eigenvalue weighted by Gasteiger charge is 2.24. The molecule has 0 amide bonds. The Kier molecular flexibility index (Phi) is 4.11. The fourth-order valence-corrected chi connectivity index (χ4v) is 2.51. The van der Waals surface area contributed by atoms with Crippen LogP contribution in [0.5, 0.6) is 0 Å². The maximum Gasteiger partial charge on any atom is 0.163 e. The molecule has 1 atom stereocenters. The summed E-state index contributed by atoms with van der Waals surface area (Å²) in [5, 5.41) is 0. The van der Waals surface area contributed by atoms with Gasteiger partial charge in [-0.3, -0.25) is 9.59 Å². The Morgan fingerprint density at radius 1 is 1.24 bits per heavy atom. The number of carbonyl (C=O) groups excluding carboxylic acids is 2. The molecule has 1 aromatic carbocycles. The van der Waals surface area contributed by atoms with Crippen LogP contribution in [0.15, 0.2) is 28.7 Å². The van der Waals surface area contributed by atoms with E-state index in [1.165, 1.54) is 0 Å². The van der Waals surface area contributed by atoms with Crippen molar-refractivity contribution in [3.05, 3.63) is 34.3 Å². The first-order valence-corrected chi connectivity index (χ1v) is 6.77. The average molecular weight is 295 g/mol. The molecule has 0 heterocycles. The van der Waals surface area contributed by atoms with Crippen LogP contribution < -0.4 is 0 Å². The number of ketones is 2. The molecule has 1 saturated carbocycles. The van der Waals surface area contributed by atoms with Gasteiger partial charge in [0, 0.05) is 28.8 Å². The maximum absolute atomic E-state index is 12.0. The van der Waals surface area contributed by atoms with E-state index in [4.69, 9.17) is 0 Å². The summed E-state index contributed by atoms with van der Waals surface area (Å²) in [5.74, 6) is 0.305. The summed E-state index contributed by atoms with van der Waals surface area (Å²) in [5.41, 5.74) is 0.701. The van der Waals surface area contributed by atoms with Crippen LogP contribution in [0.2, 0.25) is 0 Å². The van der Waals surface area contributed by atoms with Gasteiger partial charge in [0.2, 0.25) is 0 Å². The second-order valence-corrected chi connectivity index (χ2v) is 5.46. The van der Waals surface area contributed by atoms with Gasteiger partial charge in [0.05, 0.1) is 0 Å². The van der Waals surface area contributed by atoms with E-state index in [9.17, 15) is 9.59 Å². The van der Waals surface area contributed by atoms with Gasteiger partial charge in [-0.15, -0.1) is 0 Å². The monoisotopic (exact) mass is 294 g/mol. The van der Waals surface area contributed by atoms with Crippen LogP contribution >= 0.6 is 15.9 Å². The molecular formula is C14H15BrO2. The van der Waals surface area contributed by atoms with Crippen LogP contribution in [0.25, 0.3) is 0 Å². The molecule has 2 nitrogen and oxygen atoms in total. The van der Waals surface area contributed by atoms with E-state index in [1.54, 1.807) is 12.1 Å². The molecule has 0 unspecified atom stereocenters. The molecule has 17 heavy (non-hydrogen) atoms. The molecule has 3 heteroatoms. The number of rotatable bonds is 3. The zero-order chi connectivity index (χ0) is 12.3. The Labute approximate surface area is 110 Å². The fourth-order valence-electron chi connectivity index (χ4n) is 2.25. The second kappa shape index (κ2) is 5.58. The van der Waals surface area contributed by atoms with Crippen molar-refractivity contribution in [2.45, 2.75) is 32.1 Å². The third kappa shape index (κ3) is 3.25. The van der Waals surface area contributed by atoms with Crippen LogP contribution in [-0.4, -0.2) is 11.6 Å². The molecule has 0 spiro atoms. The molecule has 0 radical (unpaired) electrons. The number of carbonyl (C=O) groups is 2. The molecule has 0 saturated heterocycles. The van der Waals surface area contributed by atoms with E-state index in [-0.39, 0.29) is 17.5 Å². The molecule has 0 aromatic heterocycles. The summed E-state index contributed by atoms with van der Waals surface area (Å²) in [6, 6.07) is 7.32. The lowest BCUT2D eigenvalue weighted by molar-refractivity contribution is -0.124. The van der Waals surface area contributed by atoms with Crippen LogP contribution in [0.3, 0.4) is 0 Å². The lowest BCUT2D eigenvalue weighted by Gasteiger charge is -2.19. The lowest BCUT2D eigenvalue weighted by atomic mass is 9.83. The van der Waals surface area contributed by atoms with Gasteiger partial charge >= 0.3 is 0 Å². The summed E-state index contributed by atoms with van der Waals surface area (Å²) in [6.07, 6.45) is 3.96. The summed E-state index contributed by atoms with van der Waals surface area (Å²) in [6.45, 7) is 0. The number of Topliss-reactive ketones (excluding diaryl/α,β-unsaturated/α-hetero) is 2.